The van der Waals surface area contributed by atoms with Crippen molar-refractivity contribution in [3.63, 3.8) is 0 Å². The van der Waals surface area contributed by atoms with E-state index in [1.54, 1.807) is 11.3 Å². The summed E-state index contributed by atoms with van der Waals surface area (Å²) >= 11 is 1.72. The molecule has 0 atom stereocenters. The van der Waals surface area contributed by atoms with Gasteiger partial charge in [-0.1, -0.05) is 24.3 Å². The summed E-state index contributed by atoms with van der Waals surface area (Å²) in [5.41, 5.74) is 2.87. The molecule has 0 fully saturated rings. The molecule has 0 saturated carbocycles. The molecular weight excluding hydrogens is 306 g/mol. The fourth-order valence-electron chi connectivity index (χ4n) is 2.88. The Morgan fingerprint density at radius 2 is 2.00 bits per heavy atom. The van der Waals surface area contributed by atoms with Crippen molar-refractivity contribution in [1.82, 2.24) is 15.5 Å². The van der Waals surface area contributed by atoms with Gasteiger partial charge >= 0.3 is 6.03 Å². The summed E-state index contributed by atoms with van der Waals surface area (Å²) in [6.07, 6.45) is 1.10. The average molecular weight is 329 g/mol. The normalized spacial score (nSPS) is 14.3. The van der Waals surface area contributed by atoms with Crippen LogP contribution in [0.4, 0.5) is 4.79 Å². The molecule has 1 aliphatic rings. The lowest BCUT2D eigenvalue weighted by atomic mass is 10.00. The minimum absolute atomic E-state index is 0.0894. The van der Waals surface area contributed by atoms with E-state index in [9.17, 15) is 4.79 Å². The van der Waals surface area contributed by atoms with E-state index in [2.05, 4.69) is 58.9 Å². The fourth-order valence-corrected chi connectivity index (χ4v) is 3.71. The van der Waals surface area contributed by atoms with Gasteiger partial charge in [0.05, 0.1) is 6.54 Å². The summed E-state index contributed by atoms with van der Waals surface area (Å²) < 4.78 is 0. The molecule has 0 saturated heterocycles. The van der Waals surface area contributed by atoms with Gasteiger partial charge in [0.25, 0.3) is 0 Å². The third-order valence-corrected chi connectivity index (χ3v) is 5.14. The van der Waals surface area contributed by atoms with Crippen molar-refractivity contribution in [1.29, 1.82) is 0 Å². The Kier molecular flexibility index (Phi) is 5.31. The van der Waals surface area contributed by atoms with Crippen LogP contribution in [-0.4, -0.2) is 30.6 Å². The topological polar surface area (TPSA) is 44.4 Å². The molecule has 4 nitrogen and oxygen atoms in total. The van der Waals surface area contributed by atoms with Gasteiger partial charge in [0, 0.05) is 35.9 Å². The van der Waals surface area contributed by atoms with Gasteiger partial charge in [0.15, 0.2) is 0 Å². The third-order valence-electron chi connectivity index (χ3n) is 4.14. The molecule has 5 heteroatoms. The molecule has 0 radical (unpaired) electrons. The Morgan fingerprint density at radius 3 is 2.78 bits per heavy atom. The summed E-state index contributed by atoms with van der Waals surface area (Å²) in [5, 5.41) is 5.85. The number of hydrogen-bond acceptors (Lipinski definition) is 3. The molecule has 2 amide bonds. The summed E-state index contributed by atoms with van der Waals surface area (Å²) in [6.45, 7) is 6.28. The SMILES string of the molecule is Cc1ccc(CNC(=O)NCCN2CCc3ccccc3C2)s1. The predicted molar refractivity (Wildman–Crippen MR) is 94.7 cm³/mol. The molecule has 2 aromatic rings. The van der Waals surface area contributed by atoms with Gasteiger partial charge in [-0.15, -0.1) is 11.3 Å². The third kappa shape index (κ3) is 4.56. The van der Waals surface area contributed by atoms with Crippen LogP contribution in [0.5, 0.6) is 0 Å². The van der Waals surface area contributed by atoms with E-state index < -0.39 is 0 Å². The second-order valence-electron chi connectivity index (χ2n) is 5.92. The molecule has 0 bridgehead atoms. The first-order valence-electron chi connectivity index (χ1n) is 8.07. The van der Waals surface area contributed by atoms with Gasteiger partial charge in [-0.05, 0) is 36.6 Å². The van der Waals surface area contributed by atoms with Crippen molar-refractivity contribution in [3.8, 4) is 0 Å². The largest absolute Gasteiger partial charge is 0.337 e. The van der Waals surface area contributed by atoms with E-state index in [0.717, 1.165) is 26.1 Å². The van der Waals surface area contributed by atoms with Gasteiger partial charge in [-0.25, -0.2) is 4.79 Å². The van der Waals surface area contributed by atoms with Crippen LogP contribution in [0.2, 0.25) is 0 Å². The summed E-state index contributed by atoms with van der Waals surface area (Å²) in [6, 6.07) is 12.7. The molecule has 0 unspecified atom stereocenters. The van der Waals surface area contributed by atoms with E-state index in [1.807, 2.05) is 0 Å². The monoisotopic (exact) mass is 329 g/mol. The minimum atomic E-state index is -0.0894. The van der Waals surface area contributed by atoms with Crippen molar-refractivity contribution < 1.29 is 4.79 Å². The lowest BCUT2D eigenvalue weighted by Crippen LogP contribution is -2.41. The van der Waals surface area contributed by atoms with E-state index in [4.69, 9.17) is 0 Å². The Bertz CT molecular complexity index is 668. The highest BCUT2D eigenvalue weighted by Crippen LogP contribution is 2.17. The Hall–Kier alpha value is -1.85. The van der Waals surface area contributed by atoms with Gasteiger partial charge in [0.1, 0.15) is 0 Å². The van der Waals surface area contributed by atoms with Crippen molar-refractivity contribution in [2.24, 2.45) is 0 Å². The summed E-state index contributed by atoms with van der Waals surface area (Å²) in [5.74, 6) is 0. The van der Waals surface area contributed by atoms with Crippen LogP contribution in [0, 0.1) is 6.92 Å². The Balaban J connectivity index is 1.36. The Labute approximate surface area is 141 Å². The van der Waals surface area contributed by atoms with E-state index in [1.165, 1.54) is 20.9 Å². The van der Waals surface area contributed by atoms with Gasteiger partial charge in [0.2, 0.25) is 0 Å². The summed E-state index contributed by atoms with van der Waals surface area (Å²) in [4.78, 5) is 16.7. The molecule has 1 aromatic carbocycles. The standard InChI is InChI=1S/C18H23N3OS/c1-14-6-7-17(23-14)12-20-18(22)19-9-11-21-10-8-15-4-2-3-5-16(15)13-21/h2-7H,8-13H2,1H3,(H2,19,20,22). The maximum Gasteiger partial charge on any atom is 0.315 e. The number of fused-ring (bicyclic) bond motifs is 1. The Morgan fingerprint density at radius 1 is 1.17 bits per heavy atom. The number of aryl methyl sites for hydroxylation is 1. The lowest BCUT2D eigenvalue weighted by molar-refractivity contribution is 0.230. The number of urea groups is 1. The van der Waals surface area contributed by atoms with Crippen LogP contribution >= 0.6 is 11.3 Å². The first-order chi connectivity index (χ1) is 11.2. The highest BCUT2D eigenvalue weighted by molar-refractivity contribution is 7.11. The molecule has 0 aliphatic carbocycles. The zero-order valence-corrected chi connectivity index (χ0v) is 14.3. The second kappa shape index (κ2) is 7.62. The van der Waals surface area contributed by atoms with Crippen molar-refractivity contribution in [2.75, 3.05) is 19.6 Å². The number of carbonyl (C=O) groups excluding carboxylic acids is 1. The average Bonchev–Trinajstić information content (AvgIpc) is 2.98. The van der Waals surface area contributed by atoms with Crippen LogP contribution < -0.4 is 10.6 Å². The molecule has 0 spiro atoms. The maximum absolute atomic E-state index is 11.8. The van der Waals surface area contributed by atoms with Crippen molar-refractivity contribution in [3.05, 3.63) is 57.3 Å². The number of hydrogen-bond donors (Lipinski definition) is 2. The molecule has 2 heterocycles. The van der Waals surface area contributed by atoms with Crippen LogP contribution in [0.25, 0.3) is 0 Å². The molecule has 1 aliphatic heterocycles. The van der Waals surface area contributed by atoms with E-state index in [-0.39, 0.29) is 6.03 Å². The second-order valence-corrected chi connectivity index (χ2v) is 7.29. The zero-order chi connectivity index (χ0) is 16.1. The van der Waals surface area contributed by atoms with Gasteiger partial charge in [-0.3, -0.25) is 4.90 Å². The highest BCUT2D eigenvalue weighted by Gasteiger charge is 2.15. The van der Waals surface area contributed by atoms with Crippen molar-refractivity contribution >= 4 is 17.4 Å². The molecular formula is C18H23N3OS. The lowest BCUT2D eigenvalue weighted by Gasteiger charge is -2.28. The van der Waals surface area contributed by atoms with E-state index in [0.29, 0.717) is 13.1 Å². The minimum Gasteiger partial charge on any atom is -0.337 e. The van der Waals surface area contributed by atoms with Crippen LogP contribution in [0.3, 0.4) is 0 Å². The van der Waals surface area contributed by atoms with Gasteiger partial charge in [-0.2, -0.15) is 0 Å². The quantitative estimate of drug-likeness (QED) is 0.886. The molecule has 1 aromatic heterocycles. The molecule has 2 N–H and O–H groups in total. The van der Waals surface area contributed by atoms with E-state index >= 15 is 0 Å². The molecule has 23 heavy (non-hydrogen) atoms. The number of carbonyl (C=O) groups is 1. The summed E-state index contributed by atoms with van der Waals surface area (Å²) in [7, 11) is 0. The molecule has 122 valence electrons. The first-order valence-corrected chi connectivity index (χ1v) is 8.88. The number of thiophene rings is 1. The van der Waals surface area contributed by atoms with Gasteiger partial charge < -0.3 is 10.6 Å². The van der Waals surface area contributed by atoms with Crippen LogP contribution in [-0.2, 0) is 19.5 Å². The number of benzene rings is 1. The number of nitrogens with one attached hydrogen (secondary N) is 2. The number of amides is 2. The number of nitrogens with zero attached hydrogens (tertiary/aromatic N) is 1. The van der Waals surface area contributed by atoms with Crippen molar-refractivity contribution in [2.45, 2.75) is 26.4 Å². The first kappa shape index (κ1) is 16.0. The molecule has 3 rings (SSSR count). The highest BCUT2D eigenvalue weighted by atomic mass is 32.1. The zero-order valence-electron chi connectivity index (χ0n) is 13.5. The maximum atomic E-state index is 11.8. The predicted octanol–water partition coefficient (Wildman–Crippen LogP) is 2.91. The number of rotatable bonds is 5. The fraction of sp³-hybridized carbons (Fsp3) is 0.389. The van der Waals surface area contributed by atoms with Crippen LogP contribution in [0.1, 0.15) is 20.9 Å². The van der Waals surface area contributed by atoms with Crippen LogP contribution in [0.15, 0.2) is 36.4 Å². The smallest absolute Gasteiger partial charge is 0.315 e.